The average Bonchev–Trinajstić information content (AvgIpc) is 2.32. The molecule has 0 spiro atoms. The van der Waals surface area contributed by atoms with Crippen LogP contribution in [0, 0.1) is 5.82 Å². The Morgan fingerprint density at radius 3 is 2.68 bits per heavy atom. The van der Waals surface area contributed by atoms with E-state index in [-0.39, 0.29) is 17.5 Å². The van der Waals surface area contributed by atoms with Gasteiger partial charge in [0.25, 0.3) is 0 Å². The summed E-state index contributed by atoms with van der Waals surface area (Å²) >= 11 is 3.19. The van der Waals surface area contributed by atoms with Crippen molar-refractivity contribution in [2.45, 2.75) is 19.8 Å². The zero-order valence-corrected chi connectivity index (χ0v) is 12.1. The van der Waals surface area contributed by atoms with Gasteiger partial charge in [-0.1, -0.05) is 29.8 Å². The zero-order chi connectivity index (χ0) is 14.0. The summed E-state index contributed by atoms with van der Waals surface area (Å²) in [6, 6.07) is 4.55. The normalized spacial score (nSPS) is 10.8. The lowest BCUT2D eigenvalue weighted by atomic mass is 10.1. The second-order valence-electron chi connectivity index (χ2n) is 4.31. The van der Waals surface area contributed by atoms with Gasteiger partial charge in [0.2, 0.25) is 5.88 Å². The molecule has 0 unspecified atom stereocenters. The summed E-state index contributed by atoms with van der Waals surface area (Å²) in [6.45, 7) is 3.89. The van der Waals surface area contributed by atoms with Crippen LogP contribution in [0.3, 0.4) is 0 Å². The molecule has 1 heterocycles. The molecule has 19 heavy (non-hydrogen) atoms. The van der Waals surface area contributed by atoms with Gasteiger partial charge >= 0.3 is 0 Å². The summed E-state index contributed by atoms with van der Waals surface area (Å²) in [4.78, 5) is 7.95. The first-order valence-corrected chi connectivity index (χ1v) is 6.51. The monoisotopic (exact) mass is 325 g/mol. The summed E-state index contributed by atoms with van der Waals surface area (Å²) in [5, 5.41) is 0. The van der Waals surface area contributed by atoms with Crippen LogP contribution in [0.25, 0.3) is 0 Å². The lowest BCUT2D eigenvalue weighted by Crippen LogP contribution is -2.04. The van der Waals surface area contributed by atoms with E-state index in [9.17, 15) is 4.39 Å². The molecule has 4 nitrogen and oxygen atoms in total. The highest BCUT2D eigenvalue weighted by atomic mass is 79.9. The van der Waals surface area contributed by atoms with Gasteiger partial charge in [-0.05, 0) is 24.1 Å². The van der Waals surface area contributed by atoms with Crippen molar-refractivity contribution < 1.29 is 9.13 Å². The Hall–Kier alpha value is -1.69. The maximum absolute atomic E-state index is 13.7. The Morgan fingerprint density at radius 2 is 2.05 bits per heavy atom. The minimum Gasteiger partial charge on any atom is -0.435 e. The second kappa shape index (κ2) is 5.52. The number of hydrogen-bond acceptors (Lipinski definition) is 4. The third-order valence-corrected chi connectivity index (χ3v) is 3.05. The van der Waals surface area contributed by atoms with Gasteiger partial charge in [0.15, 0.2) is 11.6 Å². The number of nitrogen functional groups attached to an aromatic ring is 1. The summed E-state index contributed by atoms with van der Waals surface area (Å²) in [6.07, 6.45) is 1.30. The first kappa shape index (κ1) is 13.7. The molecular formula is C13H13BrFN3O. The van der Waals surface area contributed by atoms with E-state index in [0.717, 1.165) is 0 Å². The van der Waals surface area contributed by atoms with E-state index in [1.54, 1.807) is 6.07 Å². The molecule has 0 aliphatic heterocycles. The molecular weight excluding hydrogens is 313 g/mol. The summed E-state index contributed by atoms with van der Waals surface area (Å²) in [5.74, 6) is 0.334. The fraction of sp³-hybridized carbons (Fsp3) is 0.231. The average molecular weight is 326 g/mol. The quantitative estimate of drug-likeness (QED) is 0.930. The third kappa shape index (κ3) is 3.01. The minimum absolute atomic E-state index is 0.0784. The van der Waals surface area contributed by atoms with Crippen molar-refractivity contribution >= 4 is 21.7 Å². The molecule has 0 saturated carbocycles. The molecule has 2 N–H and O–H groups in total. The van der Waals surface area contributed by atoms with Crippen LogP contribution in [0.5, 0.6) is 11.6 Å². The topological polar surface area (TPSA) is 61.0 Å². The fourth-order valence-electron chi connectivity index (χ4n) is 1.68. The molecule has 100 valence electrons. The summed E-state index contributed by atoms with van der Waals surface area (Å²) in [5.41, 5.74) is 6.48. The van der Waals surface area contributed by atoms with Crippen molar-refractivity contribution in [2.24, 2.45) is 0 Å². The molecule has 0 fully saturated rings. The van der Waals surface area contributed by atoms with E-state index < -0.39 is 5.82 Å². The standard InChI is InChI=1S/C13H13BrFN3O/c1-7(2)11-12(16)17-6-18-13(11)19-10-4-3-8(14)5-9(10)15/h3-7H,1-2H3,(H2,16,17,18). The van der Waals surface area contributed by atoms with Crippen LogP contribution in [0.15, 0.2) is 29.0 Å². The maximum Gasteiger partial charge on any atom is 0.228 e. The van der Waals surface area contributed by atoms with Crippen molar-refractivity contribution in [3.05, 3.63) is 40.4 Å². The van der Waals surface area contributed by atoms with E-state index in [4.69, 9.17) is 10.5 Å². The number of ether oxygens (including phenoxy) is 1. The highest BCUT2D eigenvalue weighted by Gasteiger charge is 2.16. The molecule has 0 atom stereocenters. The van der Waals surface area contributed by atoms with Gasteiger partial charge in [-0.3, -0.25) is 0 Å². The Labute approximate surface area is 119 Å². The molecule has 0 aliphatic carbocycles. The van der Waals surface area contributed by atoms with E-state index in [0.29, 0.717) is 15.9 Å². The molecule has 1 aromatic carbocycles. The van der Waals surface area contributed by atoms with Gasteiger partial charge in [0.1, 0.15) is 12.1 Å². The highest BCUT2D eigenvalue weighted by Crippen LogP contribution is 2.33. The Morgan fingerprint density at radius 1 is 1.32 bits per heavy atom. The number of nitrogens with two attached hydrogens (primary N) is 1. The van der Waals surface area contributed by atoms with Crippen molar-refractivity contribution in [2.75, 3.05) is 5.73 Å². The summed E-state index contributed by atoms with van der Waals surface area (Å²) in [7, 11) is 0. The van der Waals surface area contributed by atoms with Crippen molar-refractivity contribution in [3.63, 3.8) is 0 Å². The van der Waals surface area contributed by atoms with E-state index in [2.05, 4.69) is 25.9 Å². The fourth-order valence-corrected chi connectivity index (χ4v) is 2.01. The number of aromatic nitrogens is 2. The van der Waals surface area contributed by atoms with Crippen LogP contribution in [0.4, 0.5) is 10.2 Å². The Bertz CT molecular complexity index is 604. The third-order valence-electron chi connectivity index (χ3n) is 2.56. The zero-order valence-electron chi connectivity index (χ0n) is 10.5. The van der Waals surface area contributed by atoms with E-state index >= 15 is 0 Å². The first-order valence-electron chi connectivity index (χ1n) is 5.72. The predicted octanol–water partition coefficient (Wildman–Crippen LogP) is 3.88. The first-order chi connectivity index (χ1) is 8.99. The van der Waals surface area contributed by atoms with E-state index in [1.165, 1.54) is 18.5 Å². The van der Waals surface area contributed by atoms with Gasteiger partial charge in [-0.15, -0.1) is 0 Å². The van der Waals surface area contributed by atoms with Crippen molar-refractivity contribution in [1.82, 2.24) is 9.97 Å². The van der Waals surface area contributed by atoms with Gasteiger partial charge in [0, 0.05) is 4.47 Å². The number of benzene rings is 1. The Balaban J connectivity index is 2.41. The number of anilines is 1. The minimum atomic E-state index is -0.471. The van der Waals surface area contributed by atoms with Gasteiger partial charge in [-0.25, -0.2) is 14.4 Å². The summed E-state index contributed by atoms with van der Waals surface area (Å²) < 4.78 is 19.9. The largest absolute Gasteiger partial charge is 0.435 e. The van der Waals surface area contributed by atoms with Gasteiger partial charge < -0.3 is 10.5 Å². The van der Waals surface area contributed by atoms with Crippen LogP contribution < -0.4 is 10.5 Å². The van der Waals surface area contributed by atoms with Crippen molar-refractivity contribution in [3.8, 4) is 11.6 Å². The van der Waals surface area contributed by atoms with E-state index in [1.807, 2.05) is 13.8 Å². The molecule has 2 aromatic rings. The number of nitrogens with zero attached hydrogens (tertiary/aromatic N) is 2. The Kier molecular flexibility index (Phi) is 3.99. The number of rotatable bonds is 3. The van der Waals surface area contributed by atoms with Crippen LogP contribution >= 0.6 is 15.9 Å². The van der Waals surface area contributed by atoms with Crippen LogP contribution in [0.1, 0.15) is 25.3 Å². The molecule has 6 heteroatoms. The second-order valence-corrected chi connectivity index (χ2v) is 5.22. The molecule has 0 saturated heterocycles. The van der Waals surface area contributed by atoms with Gasteiger partial charge in [0.05, 0.1) is 5.56 Å². The lowest BCUT2D eigenvalue weighted by Gasteiger charge is -2.14. The van der Waals surface area contributed by atoms with Crippen LogP contribution in [0.2, 0.25) is 0 Å². The van der Waals surface area contributed by atoms with Crippen molar-refractivity contribution in [1.29, 1.82) is 0 Å². The smallest absolute Gasteiger partial charge is 0.228 e. The molecule has 0 radical (unpaired) electrons. The molecule has 2 rings (SSSR count). The SMILES string of the molecule is CC(C)c1c(N)ncnc1Oc1ccc(Br)cc1F. The maximum atomic E-state index is 13.7. The van der Waals surface area contributed by atoms with Crippen LogP contribution in [-0.2, 0) is 0 Å². The molecule has 0 bridgehead atoms. The highest BCUT2D eigenvalue weighted by molar-refractivity contribution is 9.10. The predicted molar refractivity (Wildman–Crippen MR) is 74.7 cm³/mol. The molecule has 0 amide bonds. The van der Waals surface area contributed by atoms with Gasteiger partial charge in [-0.2, -0.15) is 0 Å². The number of halogens is 2. The lowest BCUT2D eigenvalue weighted by molar-refractivity contribution is 0.419. The number of hydrogen-bond donors (Lipinski definition) is 1. The molecule has 1 aromatic heterocycles. The van der Waals surface area contributed by atoms with Crippen LogP contribution in [-0.4, -0.2) is 9.97 Å². The molecule has 0 aliphatic rings.